The van der Waals surface area contributed by atoms with Crippen molar-refractivity contribution in [2.75, 3.05) is 13.1 Å². The molecule has 0 unspecified atom stereocenters. The molecule has 0 aliphatic carbocycles. The fraction of sp³-hybridized carbons (Fsp3) is 0.500. The number of carbonyl (C=O) groups is 1. The largest absolute Gasteiger partial charge is 0.573 e. The Hall–Kier alpha value is -1.76. The molecule has 0 aliphatic heterocycles. The SMILES string of the molecule is CC(C)C(=O)NCCNCc1cccc(OC(F)(F)F)c1. The van der Waals surface area contributed by atoms with E-state index < -0.39 is 6.36 Å². The summed E-state index contributed by atoms with van der Waals surface area (Å²) in [4.78, 5) is 11.3. The van der Waals surface area contributed by atoms with Gasteiger partial charge in [0, 0.05) is 25.6 Å². The van der Waals surface area contributed by atoms with Crippen LogP contribution in [0, 0.1) is 5.92 Å². The average Bonchev–Trinajstić information content (AvgIpc) is 2.36. The highest BCUT2D eigenvalue weighted by Gasteiger charge is 2.31. The van der Waals surface area contributed by atoms with Gasteiger partial charge in [-0.3, -0.25) is 4.79 Å². The Kier molecular flexibility index (Phi) is 6.48. The summed E-state index contributed by atoms with van der Waals surface area (Å²) in [5.41, 5.74) is 0.673. The third-order valence-electron chi connectivity index (χ3n) is 2.59. The number of hydrogen-bond donors (Lipinski definition) is 2. The molecule has 0 aromatic heterocycles. The van der Waals surface area contributed by atoms with Crippen LogP contribution >= 0.6 is 0 Å². The lowest BCUT2D eigenvalue weighted by molar-refractivity contribution is -0.274. The average molecular weight is 304 g/mol. The first-order valence-electron chi connectivity index (χ1n) is 6.61. The zero-order valence-electron chi connectivity index (χ0n) is 12.0. The van der Waals surface area contributed by atoms with E-state index in [0.29, 0.717) is 25.2 Å². The molecule has 7 heteroatoms. The van der Waals surface area contributed by atoms with Crippen molar-refractivity contribution in [3.05, 3.63) is 29.8 Å². The molecule has 0 fully saturated rings. The maximum atomic E-state index is 12.1. The third kappa shape index (κ3) is 7.55. The van der Waals surface area contributed by atoms with Crippen molar-refractivity contribution in [1.82, 2.24) is 10.6 Å². The van der Waals surface area contributed by atoms with Gasteiger partial charge in [-0.2, -0.15) is 0 Å². The van der Waals surface area contributed by atoms with Crippen molar-refractivity contribution < 1.29 is 22.7 Å². The van der Waals surface area contributed by atoms with Crippen LogP contribution in [0.4, 0.5) is 13.2 Å². The van der Waals surface area contributed by atoms with Gasteiger partial charge in [-0.1, -0.05) is 26.0 Å². The number of benzene rings is 1. The Bertz CT molecular complexity index is 462. The minimum atomic E-state index is -4.69. The Balaban J connectivity index is 2.32. The van der Waals surface area contributed by atoms with E-state index in [0.717, 1.165) is 0 Å². The molecule has 1 rings (SSSR count). The van der Waals surface area contributed by atoms with E-state index in [1.807, 2.05) is 0 Å². The van der Waals surface area contributed by atoms with Gasteiger partial charge in [0.2, 0.25) is 5.91 Å². The quantitative estimate of drug-likeness (QED) is 0.761. The molecule has 1 aromatic carbocycles. The molecule has 0 bridgehead atoms. The van der Waals surface area contributed by atoms with Crippen molar-refractivity contribution in [3.8, 4) is 5.75 Å². The number of rotatable bonds is 7. The van der Waals surface area contributed by atoms with Gasteiger partial charge in [0.25, 0.3) is 0 Å². The van der Waals surface area contributed by atoms with Gasteiger partial charge in [-0.05, 0) is 17.7 Å². The van der Waals surface area contributed by atoms with Gasteiger partial charge in [0.05, 0.1) is 0 Å². The predicted octanol–water partition coefficient (Wildman–Crippen LogP) is 2.45. The third-order valence-corrected chi connectivity index (χ3v) is 2.59. The van der Waals surface area contributed by atoms with E-state index in [9.17, 15) is 18.0 Å². The molecule has 21 heavy (non-hydrogen) atoms. The number of ether oxygens (including phenoxy) is 1. The molecule has 0 saturated heterocycles. The van der Waals surface area contributed by atoms with Gasteiger partial charge in [-0.15, -0.1) is 13.2 Å². The van der Waals surface area contributed by atoms with E-state index in [1.54, 1.807) is 19.9 Å². The van der Waals surface area contributed by atoms with Crippen molar-refractivity contribution >= 4 is 5.91 Å². The van der Waals surface area contributed by atoms with Gasteiger partial charge < -0.3 is 15.4 Å². The molecule has 1 aromatic rings. The molecular formula is C14H19F3N2O2. The molecule has 0 radical (unpaired) electrons. The fourth-order valence-electron chi connectivity index (χ4n) is 1.56. The van der Waals surface area contributed by atoms with Crippen molar-refractivity contribution in [3.63, 3.8) is 0 Å². The van der Waals surface area contributed by atoms with Crippen LogP contribution in [0.1, 0.15) is 19.4 Å². The normalized spacial score (nSPS) is 11.5. The highest BCUT2D eigenvalue weighted by atomic mass is 19.4. The lowest BCUT2D eigenvalue weighted by Crippen LogP contribution is -2.34. The molecule has 0 atom stereocenters. The Morgan fingerprint density at radius 2 is 2.00 bits per heavy atom. The standard InChI is InChI=1S/C14H19F3N2O2/c1-10(2)13(20)19-7-6-18-9-11-4-3-5-12(8-11)21-14(15,16)17/h3-5,8,10,18H,6-7,9H2,1-2H3,(H,19,20). The second-order valence-electron chi connectivity index (χ2n) is 4.82. The molecule has 0 aliphatic rings. The van der Waals surface area contributed by atoms with Crippen LogP contribution in [0.25, 0.3) is 0 Å². The maximum absolute atomic E-state index is 12.1. The lowest BCUT2D eigenvalue weighted by Gasteiger charge is -2.11. The van der Waals surface area contributed by atoms with E-state index in [1.165, 1.54) is 18.2 Å². The van der Waals surface area contributed by atoms with Crippen LogP contribution < -0.4 is 15.4 Å². The zero-order valence-corrected chi connectivity index (χ0v) is 12.0. The first kappa shape index (κ1) is 17.3. The summed E-state index contributed by atoms with van der Waals surface area (Å²) < 4.78 is 40.1. The van der Waals surface area contributed by atoms with E-state index in [4.69, 9.17) is 0 Å². The minimum Gasteiger partial charge on any atom is -0.406 e. The minimum absolute atomic E-state index is 0.0302. The summed E-state index contributed by atoms with van der Waals surface area (Å²) in [6.45, 7) is 5.00. The first-order chi connectivity index (χ1) is 9.78. The van der Waals surface area contributed by atoms with Crippen LogP contribution in [0.2, 0.25) is 0 Å². The van der Waals surface area contributed by atoms with Crippen LogP contribution in [0.15, 0.2) is 24.3 Å². The molecule has 0 heterocycles. The Morgan fingerprint density at radius 3 is 2.62 bits per heavy atom. The number of halogens is 3. The number of alkyl halides is 3. The summed E-state index contributed by atoms with van der Waals surface area (Å²) in [6.07, 6.45) is -4.69. The van der Waals surface area contributed by atoms with Crippen molar-refractivity contribution in [2.24, 2.45) is 5.92 Å². The van der Waals surface area contributed by atoms with E-state index in [2.05, 4.69) is 15.4 Å². The summed E-state index contributed by atoms with van der Waals surface area (Å²) in [6, 6.07) is 5.77. The molecule has 1 amide bonds. The molecule has 4 nitrogen and oxygen atoms in total. The summed E-state index contributed by atoms with van der Waals surface area (Å²) in [7, 11) is 0. The predicted molar refractivity (Wildman–Crippen MR) is 72.7 cm³/mol. The number of amides is 1. The zero-order chi connectivity index (χ0) is 15.9. The smallest absolute Gasteiger partial charge is 0.406 e. The second-order valence-corrected chi connectivity index (χ2v) is 4.82. The number of hydrogen-bond acceptors (Lipinski definition) is 3. The monoisotopic (exact) mass is 304 g/mol. The van der Waals surface area contributed by atoms with Crippen LogP contribution in [-0.2, 0) is 11.3 Å². The van der Waals surface area contributed by atoms with Crippen LogP contribution in [0.5, 0.6) is 5.75 Å². The highest BCUT2D eigenvalue weighted by molar-refractivity contribution is 5.77. The summed E-state index contributed by atoms with van der Waals surface area (Å²) in [5, 5.41) is 5.77. The highest BCUT2D eigenvalue weighted by Crippen LogP contribution is 2.23. The maximum Gasteiger partial charge on any atom is 0.573 e. The van der Waals surface area contributed by atoms with Crippen LogP contribution in [0.3, 0.4) is 0 Å². The summed E-state index contributed by atoms with van der Waals surface area (Å²) >= 11 is 0. The Labute approximate surface area is 121 Å². The van der Waals surface area contributed by atoms with E-state index in [-0.39, 0.29) is 17.6 Å². The first-order valence-corrected chi connectivity index (χ1v) is 6.61. The van der Waals surface area contributed by atoms with Gasteiger partial charge in [0.15, 0.2) is 0 Å². The van der Waals surface area contributed by atoms with Crippen LogP contribution in [-0.4, -0.2) is 25.4 Å². The number of nitrogens with one attached hydrogen (secondary N) is 2. The van der Waals surface area contributed by atoms with Gasteiger partial charge >= 0.3 is 6.36 Å². The lowest BCUT2D eigenvalue weighted by atomic mass is 10.2. The van der Waals surface area contributed by atoms with Gasteiger partial charge in [0.1, 0.15) is 5.75 Å². The molecule has 0 spiro atoms. The fourth-order valence-corrected chi connectivity index (χ4v) is 1.56. The molecule has 2 N–H and O–H groups in total. The Morgan fingerprint density at radius 1 is 1.29 bits per heavy atom. The number of carbonyl (C=O) groups excluding carboxylic acids is 1. The van der Waals surface area contributed by atoms with E-state index >= 15 is 0 Å². The topological polar surface area (TPSA) is 50.4 Å². The van der Waals surface area contributed by atoms with Crippen molar-refractivity contribution in [2.45, 2.75) is 26.8 Å². The second kappa shape index (κ2) is 7.87. The van der Waals surface area contributed by atoms with Gasteiger partial charge in [-0.25, -0.2) is 0 Å². The molecular weight excluding hydrogens is 285 g/mol. The summed E-state index contributed by atoms with van der Waals surface area (Å²) in [5.74, 6) is -0.339. The van der Waals surface area contributed by atoms with Crippen molar-refractivity contribution in [1.29, 1.82) is 0 Å². The molecule has 118 valence electrons. The molecule has 0 saturated carbocycles.